The van der Waals surface area contributed by atoms with Crippen LogP contribution in [0.2, 0.25) is 0 Å². The molecule has 0 radical (unpaired) electrons. The fourth-order valence-corrected chi connectivity index (χ4v) is 5.05. The second kappa shape index (κ2) is 4.68. The molecule has 0 bridgehead atoms. The maximum atomic E-state index is 4.46. The van der Waals surface area contributed by atoms with Gasteiger partial charge in [0.1, 0.15) is 11.2 Å². The van der Waals surface area contributed by atoms with E-state index in [4.69, 9.17) is 0 Å². The van der Waals surface area contributed by atoms with E-state index in [9.17, 15) is 0 Å². The van der Waals surface area contributed by atoms with Crippen LogP contribution in [0.5, 0.6) is 0 Å². The largest absolute Gasteiger partial charge is 0.346 e. The van der Waals surface area contributed by atoms with Crippen molar-refractivity contribution in [2.45, 2.75) is 39.5 Å². The van der Waals surface area contributed by atoms with Crippen LogP contribution in [-0.2, 0) is 19.3 Å². The first-order valence-electron chi connectivity index (χ1n) is 8.21. The highest BCUT2D eigenvalue weighted by Gasteiger charge is 2.24. The van der Waals surface area contributed by atoms with Crippen LogP contribution in [-0.4, -0.2) is 19.6 Å². The lowest BCUT2D eigenvalue weighted by Crippen LogP contribution is -1.99. The number of nitrogens with one attached hydrogen (secondary N) is 1. The molecule has 23 heavy (non-hydrogen) atoms. The van der Waals surface area contributed by atoms with E-state index in [1.54, 1.807) is 6.33 Å². The lowest BCUT2D eigenvalue weighted by molar-refractivity contribution is 0.911. The number of rotatable bonds is 2. The first-order valence-corrected chi connectivity index (χ1v) is 9.09. The van der Waals surface area contributed by atoms with Gasteiger partial charge in [-0.25, -0.2) is 9.50 Å². The minimum atomic E-state index is 1.03. The number of pyridine rings is 1. The molecule has 0 amide bonds. The molecule has 4 nitrogen and oxygen atoms in total. The second-order valence-corrected chi connectivity index (χ2v) is 7.22. The van der Waals surface area contributed by atoms with Gasteiger partial charge in [0, 0.05) is 22.7 Å². The molecule has 4 aromatic heterocycles. The number of aromatic amines is 1. The van der Waals surface area contributed by atoms with Gasteiger partial charge in [0.2, 0.25) is 0 Å². The third-order valence-corrected chi connectivity index (χ3v) is 6.09. The molecule has 5 heteroatoms. The van der Waals surface area contributed by atoms with Crippen molar-refractivity contribution in [1.82, 2.24) is 19.6 Å². The van der Waals surface area contributed by atoms with E-state index in [-0.39, 0.29) is 0 Å². The zero-order valence-electron chi connectivity index (χ0n) is 13.3. The van der Waals surface area contributed by atoms with Crippen LogP contribution in [0.1, 0.15) is 35.6 Å². The molecule has 1 aliphatic carbocycles. The number of aryl methyl sites for hydroxylation is 3. The van der Waals surface area contributed by atoms with E-state index in [0.717, 1.165) is 24.9 Å². The number of thiophene rings is 1. The van der Waals surface area contributed by atoms with Crippen molar-refractivity contribution in [3.63, 3.8) is 0 Å². The fraction of sp³-hybridized carbons (Fsp3) is 0.333. The van der Waals surface area contributed by atoms with Gasteiger partial charge in [0.25, 0.3) is 0 Å². The Labute approximate surface area is 138 Å². The van der Waals surface area contributed by atoms with E-state index in [2.05, 4.69) is 40.5 Å². The molecule has 0 unspecified atom stereocenters. The Bertz CT molecular complexity index is 1050. The predicted molar refractivity (Wildman–Crippen MR) is 94.3 cm³/mol. The smallest absolute Gasteiger partial charge is 0.158 e. The van der Waals surface area contributed by atoms with E-state index in [0.29, 0.717) is 0 Å². The first kappa shape index (κ1) is 13.3. The fourth-order valence-electron chi connectivity index (χ4n) is 4.07. The Balaban J connectivity index is 1.87. The molecule has 0 aromatic carbocycles. The number of aromatic nitrogens is 4. The van der Waals surface area contributed by atoms with Crippen LogP contribution in [0.15, 0.2) is 17.9 Å². The quantitative estimate of drug-likeness (QED) is 0.598. The van der Waals surface area contributed by atoms with Gasteiger partial charge < -0.3 is 4.98 Å². The summed E-state index contributed by atoms with van der Waals surface area (Å²) in [5.74, 6) is 0. The molecule has 1 N–H and O–H groups in total. The van der Waals surface area contributed by atoms with Crippen LogP contribution < -0.4 is 0 Å². The summed E-state index contributed by atoms with van der Waals surface area (Å²) in [6.07, 6.45) is 8.33. The van der Waals surface area contributed by atoms with Crippen LogP contribution in [0.3, 0.4) is 0 Å². The highest BCUT2D eigenvalue weighted by molar-refractivity contribution is 7.17. The molecule has 5 rings (SSSR count). The van der Waals surface area contributed by atoms with Crippen molar-refractivity contribution < 1.29 is 0 Å². The lowest BCUT2D eigenvalue weighted by Gasteiger charge is -2.11. The van der Waals surface area contributed by atoms with Crippen molar-refractivity contribution >= 4 is 27.2 Å². The van der Waals surface area contributed by atoms with E-state index >= 15 is 0 Å². The van der Waals surface area contributed by atoms with Crippen molar-refractivity contribution in [2.24, 2.45) is 0 Å². The molecular formula is C18H18N4S. The summed E-state index contributed by atoms with van der Waals surface area (Å²) in [4.78, 5) is 9.45. The summed E-state index contributed by atoms with van der Waals surface area (Å²) in [5, 5.41) is 8.05. The number of hydrogen-bond acceptors (Lipinski definition) is 3. The normalized spacial score (nSPS) is 14.2. The Morgan fingerprint density at radius 2 is 2.17 bits per heavy atom. The van der Waals surface area contributed by atoms with Crippen molar-refractivity contribution in [1.29, 1.82) is 0 Å². The summed E-state index contributed by atoms with van der Waals surface area (Å²) in [5.41, 5.74) is 9.30. The molecule has 0 aliphatic heterocycles. The molecule has 0 saturated heterocycles. The number of fused-ring (bicyclic) bond motifs is 4. The van der Waals surface area contributed by atoms with Gasteiger partial charge in [-0.3, -0.25) is 0 Å². The maximum absolute atomic E-state index is 4.46. The molecule has 1 aliphatic rings. The van der Waals surface area contributed by atoms with Gasteiger partial charge in [-0.15, -0.1) is 11.3 Å². The Kier molecular flexibility index (Phi) is 2.71. The maximum Gasteiger partial charge on any atom is 0.158 e. The highest BCUT2D eigenvalue weighted by atomic mass is 32.1. The lowest BCUT2D eigenvalue weighted by atomic mass is 9.98. The molecule has 4 aromatic rings. The summed E-state index contributed by atoms with van der Waals surface area (Å²) in [6, 6.07) is 0. The Hall–Kier alpha value is -2.14. The zero-order valence-corrected chi connectivity index (χ0v) is 14.1. The average molecular weight is 322 g/mol. The monoisotopic (exact) mass is 322 g/mol. The van der Waals surface area contributed by atoms with Crippen molar-refractivity contribution in [3.8, 4) is 11.3 Å². The Morgan fingerprint density at radius 3 is 3.04 bits per heavy atom. The SMILES string of the molecule is CCc1c(-c2cn3ncnc3c3c2CCC3)[nH]c2scc(C)c12. The van der Waals surface area contributed by atoms with Crippen molar-refractivity contribution in [3.05, 3.63) is 40.2 Å². The molecule has 0 fully saturated rings. The standard InChI is InChI=1S/C18H18N4S/c1-3-11-15-10(2)8-23-18(15)21-16(11)14-7-22-17(19-9-20-22)13-6-4-5-12(13)14/h7-9,21H,3-6H2,1-2H3. The topological polar surface area (TPSA) is 46.0 Å². The molecule has 0 atom stereocenters. The van der Waals surface area contributed by atoms with Gasteiger partial charge in [-0.1, -0.05) is 6.92 Å². The summed E-state index contributed by atoms with van der Waals surface area (Å²) in [7, 11) is 0. The minimum absolute atomic E-state index is 1.03. The Morgan fingerprint density at radius 1 is 1.30 bits per heavy atom. The van der Waals surface area contributed by atoms with Crippen LogP contribution in [0, 0.1) is 6.92 Å². The van der Waals surface area contributed by atoms with Gasteiger partial charge in [-0.05, 0) is 54.7 Å². The number of nitrogens with zero attached hydrogens (tertiary/aromatic N) is 3. The molecule has 116 valence electrons. The van der Waals surface area contributed by atoms with Gasteiger partial charge in [-0.2, -0.15) is 5.10 Å². The van der Waals surface area contributed by atoms with Gasteiger partial charge in [0.15, 0.2) is 5.65 Å². The van der Waals surface area contributed by atoms with Gasteiger partial charge >= 0.3 is 0 Å². The molecule has 0 spiro atoms. The van der Waals surface area contributed by atoms with E-state index in [1.165, 1.54) is 50.1 Å². The highest BCUT2D eigenvalue weighted by Crippen LogP contribution is 2.40. The second-order valence-electron chi connectivity index (χ2n) is 6.34. The minimum Gasteiger partial charge on any atom is -0.346 e. The van der Waals surface area contributed by atoms with E-state index in [1.807, 2.05) is 15.9 Å². The predicted octanol–water partition coefficient (Wildman–Crippen LogP) is 4.30. The average Bonchev–Trinajstić information content (AvgIpc) is 3.30. The summed E-state index contributed by atoms with van der Waals surface area (Å²) < 4.78 is 1.95. The molecular weight excluding hydrogens is 304 g/mol. The molecule has 0 saturated carbocycles. The number of hydrogen-bond donors (Lipinski definition) is 1. The molecule has 4 heterocycles. The van der Waals surface area contributed by atoms with Gasteiger partial charge in [0.05, 0.1) is 5.69 Å². The third-order valence-electron chi connectivity index (χ3n) is 5.08. The van der Waals surface area contributed by atoms with E-state index < -0.39 is 0 Å². The third kappa shape index (κ3) is 1.71. The van der Waals surface area contributed by atoms with Crippen LogP contribution in [0.25, 0.3) is 27.1 Å². The number of H-pyrrole nitrogens is 1. The summed E-state index contributed by atoms with van der Waals surface area (Å²) in [6.45, 7) is 4.46. The van der Waals surface area contributed by atoms with Crippen LogP contribution >= 0.6 is 11.3 Å². The first-order chi connectivity index (χ1) is 11.3. The summed E-state index contributed by atoms with van der Waals surface area (Å²) >= 11 is 1.81. The van der Waals surface area contributed by atoms with Crippen molar-refractivity contribution in [2.75, 3.05) is 0 Å². The van der Waals surface area contributed by atoms with Crippen LogP contribution in [0.4, 0.5) is 0 Å². The zero-order chi connectivity index (χ0) is 15.6.